The van der Waals surface area contributed by atoms with Crippen LogP contribution in [0.5, 0.6) is 11.5 Å². The van der Waals surface area contributed by atoms with E-state index in [2.05, 4.69) is 21.6 Å². The summed E-state index contributed by atoms with van der Waals surface area (Å²) in [7, 11) is 1.65. The van der Waals surface area contributed by atoms with Crippen LogP contribution in [0, 0.1) is 5.92 Å². The third kappa shape index (κ3) is 3.94. The second-order valence-electron chi connectivity index (χ2n) is 8.29. The molecule has 1 saturated heterocycles. The fourth-order valence-corrected chi connectivity index (χ4v) is 4.48. The predicted octanol–water partition coefficient (Wildman–Crippen LogP) is 6.54. The van der Waals surface area contributed by atoms with Gasteiger partial charge in [0.1, 0.15) is 11.3 Å². The number of rotatable bonds is 6. The van der Waals surface area contributed by atoms with Crippen molar-refractivity contribution >= 4 is 34.5 Å². The maximum absolute atomic E-state index is 10.8. The quantitative estimate of drug-likeness (QED) is 0.466. The van der Waals surface area contributed by atoms with Crippen LogP contribution in [0.1, 0.15) is 42.6 Å². The highest BCUT2D eigenvalue weighted by atomic mass is 16.5. The van der Waals surface area contributed by atoms with Gasteiger partial charge in [-0.05, 0) is 62.9 Å². The Hall–Kier alpha value is -3.38. The molecule has 0 bridgehead atoms. The Morgan fingerprint density at radius 1 is 1.16 bits per heavy atom. The summed E-state index contributed by atoms with van der Waals surface area (Å²) < 4.78 is 11.7. The van der Waals surface area contributed by atoms with E-state index in [1.54, 1.807) is 13.2 Å². The zero-order valence-electron chi connectivity index (χ0n) is 18.2. The first kappa shape index (κ1) is 20.5. The molecule has 2 aliphatic rings. The molecule has 0 aliphatic carbocycles. The van der Waals surface area contributed by atoms with E-state index in [1.807, 2.05) is 42.5 Å². The summed E-state index contributed by atoms with van der Waals surface area (Å²) in [6.07, 6.45) is 10.6. The third-order valence-corrected chi connectivity index (χ3v) is 6.27. The molecule has 5 rings (SSSR count). The summed E-state index contributed by atoms with van der Waals surface area (Å²) >= 11 is 0. The van der Waals surface area contributed by atoms with Gasteiger partial charge in [-0.2, -0.15) is 0 Å². The molecular weight excluding hydrogens is 402 g/mol. The minimum atomic E-state index is 0.0964. The van der Waals surface area contributed by atoms with Crippen molar-refractivity contribution in [2.45, 2.75) is 25.7 Å². The average Bonchev–Trinajstić information content (AvgIpc) is 3.39. The molecule has 164 valence electrons. The zero-order valence-corrected chi connectivity index (χ0v) is 18.2. The molecule has 2 aromatic carbocycles. The number of azo groups is 1. The lowest BCUT2D eigenvalue weighted by Crippen LogP contribution is -2.27. The Kier molecular flexibility index (Phi) is 5.77. The van der Waals surface area contributed by atoms with E-state index in [0.717, 1.165) is 48.0 Å². The number of nitrogens with zero attached hydrogens (tertiary/aromatic N) is 2. The van der Waals surface area contributed by atoms with Crippen molar-refractivity contribution in [3.63, 3.8) is 0 Å². The summed E-state index contributed by atoms with van der Waals surface area (Å²) in [4.78, 5) is 0. The number of methoxy groups -OCH3 is 1. The van der Waals surface area contributed by atoms with Gasteiger partial charge in [-0.15, -0.1) is 10.2 Å². The second-order valence-corrected chi connectivity index (χ2v) is 8.29. The van der Waals surface area contributed by atoms with Crippen LogP contribution < -0.4 is 10.1 Å². The summed E-state index contributed by atoms with van der Waals surface area (Å²) in [5.74, 6) is 1.96. The molecule has 0 amide bonds. The van der Waals surface area contributed by atoms with E-state index < -0.39 is 0 Å². The van der Waals surface area contributed by atoms with Crippen LogP contribution in [0.4, 0.5) is 5.69 Å². The number of nitrogens with one attached hydrogen (secondary N) is 1. The maximum Gasteiger partial charge on any atom is 0.172 e. The zero-order chi connectivity index (χ0) is 21.9. The molecule has 32 heavy (non-hydrogen) atoms. The summed E-state index contributed by atoms with van der Waals surface area (Å²) in [6, 6.07) is 11.4. The van der Waals surface area contributed by atoms with Gasteiger partial charge in [-0.3, -0.25) is 0 Å². The number of aromatic hydroxyl groups is 1. The van der Waals surface area contributed by atoms with E-state index >= 15 is 0 Å². The van der Waals surface area contributed by atoms with Crippen molar-refractivity contribution in [1.82, 2.24) is 5.32 Å². The van der Waals surface area contributed by atoms with Crippen molar-refractivity contribution in [3.05, 3.63) is 59.4 Å². The van der Waals surface area contributed by atoms with E-state index in [4.69, 9.17) is 9.15 Å². The smallest absolute Gasteiger partial charge is 0.172 e. The Morgan fingerprint density at radius 3 is 2.84 bits per heavy atom. The van der Waals surface area contributed by atoms with Gasteiger partial charge >= 0.3 is 0 Å². The normalized spacial score (nSPS) is 17.6. The Balaban J connectivity index is 1.45. The second kappa shape index (κ2) is 9.01. The Labute approximate surface area is 187 Å². The number of benzene rings is 2. The van der Waals surface area contributed by atoms with Crippen molar-refractivity contribution in [1.29, 1.82) is 0 Å². The number of hydrogen-bond donors (Lipinski definition) is 2. The molecule has 2 N–H and O–H groups in total. The lowest BCUT2D eigenvalue weighted by molar-refractivity contribution is 0.356. The fraction of sp³-hybridized carbons (Fsp3) is 0.308. The summed E-state index contributed by atoms with van der Waals surface area (Å²) in [5.41, 5.74) is 3.84. The van der Waals surface area contributed by atoms with Crippen molar-refractivity contribution in [2.75, 3.05) is 20.2 Å². The van der Waals surface area contributed by atoms with Gasteiger partial charge in [-0.25, -0.2) is 0 Å². The average molecular weight is 430 g/mol. The number of hydrogen-bond acceptors (Lipinski definition) is 6. The van der Waals surface area contributed by atoms with Gasteiger partial charge in [-0.1, -0.05) is 30.4 Å². The third-order valence-electron chi connectivity index (χ3n) is 6.27. The van der Waals surface area contributed by atoms with Crippen LogP contribution in [0.2, 0.25) is 0 Å². The lowest BCUT2D eigenvalue weighted by Gasteiger charge is -2.21. The number of allylic oxidation sites excluding steroid dienone is 1. The molecule has 1 aromatic heterocycles. The highest BCUT2D eigenvalue weighted by molar-refractivity contribution is 5.97. The molecule has 0 spiro atoms. The van der Waals surface area contributed by atoms with Gasteiger partial charge in [0.05, 0.1) is 29.4 Å². The molecule has 0 radical (unpaired) electrons. The van der Waals surface area contributed by atoms with Crippen LogP contribution in [-0.4, -0.2) is 25.3 Å². The molecule has 3 heterocycles. The monoisotopic (exact) mass is 429 g/mol. The van der Waals surface area contributed by atoms with E-state index in [1.165, 1.54) is 19.3 Å². The van der Waals surface area contributed by atoms with Crippen molar-refractivity contribution in [2.24, 2.45) is 16.1 Å². The predicted molar refractivity (Wildman–Crippen MR) is 127 cm³/mol. The van der Waals surface area contributed by atoms with Crippen LogP contribution in [0.3, 0.4) is 0 Å². The molecule has 6 heteroatoms. The first-order valence-electron chi connectivity index (χ1n) is 11.2. The van der Waals surface area contributed by atoms with E-state index in [9.17, 15) is 5.11 Å². The molecule has 2 aliphatic heterocycles. The molecule has 0 saturated carbocycles. The van der Waals surface area contributed by atoms with Gasteiger partial charge in [0.15, 0.2) is 11.5 Å². The molecule has 6 nitrogen and oxygen atoms in total. The number of piperidine rings is 1. The Bertz CT molecular complexity index is 1220. The van der Waals surface area contributed by atoms with Crippen molar-refractivity contribution < 1.29 is 14.3 Å². The largest absolute Gasteiger partial charge is 0.504 e. The number of furan rings is 1. The number of fused-ring (bicyclic) bond motifs is 2. The van der Waals surface area contributed by atoms with E-state index in [0.29, 0.717) is 22.4 Å². The highest BCUT2D eigenvalue weighted by Crippen LogP contribution is 2.42. The van der Waals surface area contributed by atoms with Crippen LogP contribution in [-0.2, 0) is 0 Å². The van der Waals surface area contributed by atoms with Gasteiger partial charge in [0, 0.05) is 11.6 Å². The van der Waals surface area contributed by atoms with Gasteiger partial charge in [0.25, 0.3) is 0 Å². The SMILES string of the molecule is COc1ccc2c(O)c(C=C3N=Nc4ccccc43)oc2c1/C=C\CCC1CCNCC1. The van der Waals surface area contributed by atoms with Crippen molar-refractivity contribution in [3.8, 4) is 11.5 Å². The van der Waals surface area contributed by atoms with E-state index in [-0.39, 0.29) is 5.75 Å². The summed E-state index contributed by atoms with van der Waals surface area (Å²) in [6.45, 7) is 2.24. The maximum atomic E-state index is 10.8. The topological polar surface area (TPSA) is 79.3 Å². The van der Waals surface area contributed by atoms with Crippen LogP contribution >= 0.6 is 0 Å². The molecular formula is C26H27N3O3. The van der Waals surface area contributed by atoms with Gasteiger partial charge < -0.3 is 19.6 Å². The number of ether oxygens (including phenoxy) is 1. The fourth-order valence-electron chi connectivity index (χ4n) is 4.48. The molecule has 3 aromatic rings. The first-order valence-corrected chi connectivity index (χ1v) is 11.2. The standard InChI is InChI=1S/C26H27N3O3/c1-31-23-11-10-20-25(30)24(16-22-18-7-4-5-9-21(18)28-29-22)32-26(20)19(23)8-3-2-6-17-12-14-27-15-13-17/h3-5,7-11,16-17,27,30H,2,6,12-15H2,1H3/b8-3-,22-16?. The van der Waals surface area contributed by atoms with Crippen LogP contribution in [0.15, 0.2) is 57.1 Å². The highest BCUT2D eigenvalue weighted by Gasteiger charge is 2.20. The minimum Gasteiger partial charge on any atom is -0.504 e. The summed E-state index contributed by atoms with van der Waals surface area (Å²) in [5, 5.41) is 23.4. The molecule has 1 fully saturated rings. The van der Waals surface area contributed by atoms with Crippen LogP contribution in [0.25, 0.3) is 28.8 Å². The Morgan fingerprint density at radius 2 is 2.00 bits per heavy atom. The van der Waals surface area contributed by atoms with Gasteiger partial charge in [0.2, 0.25) is 0 Å². The first-order chi connectivity index (χ1) is 15.7. The molecule has 0 atom stereocenters. The minimum absolute atomic E-state index is 0.0964. The molecule has 0 unspecified atom stereocenters. The lowest BCUT2D eigenvalue weighted by atomic mass is 9.93.